The van der Waals surface area contributed by atoms with Crippen molar-refractivity contribution in [3.63, 3.8) is 0 Å². The van der Waals surface area contributed by atoms with E-state index in [1.165, 1.54) is 19.3 Å². The highest BCUT2D eigenvalue weighted by Crippen LogP contribution is 2.43. The van der Waals surface area contributed by atoms with Gasteiger partial charge in [-0.1, -0.05) is 12.5 Å². The molecule has 0 radical (unpaired) electrons. The third-order valence-corrected chi connectivity index (χ3v) is 4.79. The highest BCUT2D eigenvalue weighted by atomic mass is 16.3. The number of fused-ring (bicyclic) bond motifs is 2. The summed E-state index contributed by atoms with van der Waals surface area (Å²) in [5, 5.41) is 19.8. The molecule has 2 atom stereocenters. The van der Waals surface area contributed by atoms with E-state index in [2.05, 4.69) is 16.9 Å². The van der Waals surface area contributed by atoms with E-state index in [4.69, 9.17) is 5.26 Å². The van der Waals surface area contributed by atoms with Gasteiger partial charge in [0.25, 0.3) is 0 Å². The second-order valence-corrected chi connectivity index (χ2v) is 5.89. The van der Waals surface area contributed by atoms with Crippen molar-refractivity contribution < 1.29 is 5.11 Å². The van der Waals surface area contributed by atoms with E-state index in [-0.39, 0.29) is 0 Å². The first-order chi connectivity index (χ1) is 9.12. The topological polar surface area (TPSA) is 60.1 Å². The van der Waals surface area contributed by atoms with Crippen LogP contribution in [-0.2, 0) is 5.60 Å². The molecule has 4 nitrogen and oxygen atoms in total. The molecular weight excluding hydrogens is 238 g/mol. The smallest absolute Gasteiger partial charge is 0.140 e. The Kier molecular flexibility index (Phi) is 3.04. The van der Waals surface area contributed by atoms with Crippen LogP contribution in [0.3, 0.4) is 0 Å². The van der Waals surface area contributed by atoms with Gasteiger partial charge in [0.2, 0.25) is 0 Å². The van der Waals surface area contributed by atoms with E-state index < -0.39 is 5.60 Å². The zero-order valence-corrected chi connectivity index (χ0v) is 11.2. The van der Waals surface area contributed by atoms with Gasteiger partial charge in [0.1, 0.15) is 11.8 Å². The number of aromatic nitrogens is 1. The number of hydrogen-bond acceptors (Lipinski definition) is 4. The van der Waals surface area contributed by atoms with E-state index in [0.29, 0.717) is 17.8 Å². The van der Waals surface area contributed by atoms with Crippen molar-refractivity contribution in [2.45, 2.75) is 49.8 Å². The van der Waals surface area contributed by atoms with Crippen LogP contribution in [0.2, 0.25) is 0 Å². The molecule has 3 rings (SSSR count). The summed E-state index contributed by atoms with van der Waals surface area (Å²) in [4.78, 5) is 6.52. The summed E-state index contributed by atoms with van der Waals surface area (Å²) in [5.74, 6) is 0. The fourth-order valence-corrected chi connectivity index (χ4v) is 3.62. The lowest BCUT2D eigenvalue weighted by Gasteiger charge is -2.50. The van der Waals surface area contributed by atoms with Crippen molar-refractivity contribution in [3.8, 4) is 6.07 Å². The van der Waals surface area contributed by atoms with Gasteiger partial charge in [-0.15, -0.1) is 0 Å². The summed E-state index contributed by atoms with van der Waals surface area (Å²) in [6.45, 7) is 0. The number of nitrogens with zero attached hydrogens (tertiary/aromatic N) is 3. The van der Waals surface area contributed by atoms with Crippen LogP contribution in [0.4, 0.5) is 0 Å². The number of nitriles is 1. The Hall–Kier alpha value is -1.44. The van der Waals surface area contributed by atoms with Crippen molar-refractivity contribution in [1.82, 2.24) is 9.88 Å². The molecular formula is C15H19N3O. The summed E-state index contributed by atoms with van der Waals surface area (Å²) in [6.07, 6.45) is 6.81. The molecule has 0 aromatic carbocycles. The van der Waals surface area contributed by atoms with Crippen molar-refractivity contribution in [3.05, 3.63) is 29.6 Å². The molecule has 100 valence electrons. The predicted octanol–water partition coefficient (Wildman–Crippen LogP) is 1.79. The van der Waals surface area contributed by atoms with Crippen LogP contribution in [0.15, 0.2) is 18.3 Å². The fourth-order valence-electron chi connectivity index (χ4n) is 3.62. The summed E-state index contributed by atoms with van der Waals surface area (Å²) in [5.41, 5.74) is 0.487. The van der Waals surface area contributed by atoms with Gasteiger partial charge in [-0.3, -0.25) is 0 Å². The highest BCUT2D eigenvalue weighted by molar-refractivity contribution is 5.28. The molecule has 19 heavy (non-hydrogen) atoms. The summed E-state index contributed by atoms with van der Waals surface area (Å²) < 4.78 is 0. The molecule has 3 heterocycles. The second-order valence-electron chi connectivity index (χ2n) is 5.89. The molecule has 0 spiro atoms. The molecule has 2 bridgehead atoms. The standard InChI is InChI=1S/C15H19N3O/c1-18-13-3-2-4-14(18)8-15(19,7-13)11-5-6-12(9-16)17-10-11/h5-6,10,13-14,19H,2-4,7-8H2,1H3. The van der Waals surface area contributed by atoms with Crippen molar-refractivity contribution in [1.29, 1.82) is 5.26 Å². The monoisotopic (exact) mass is 257 g/mol. The highest BCUT2D eigenvalue weighted by Gasteiger charge is 2.44. The van der Waals surface area contributed by atoms with E-state index in [9.17, 15) is 5.11 Å². The normalized spacial score (nSPS) is 34.8. The van der Waals surface area contributed by atoms with Crippen molar-refractivity contribution in [2.24, 2.45) is 0 Å². The minimum atomic E-state index is -0.775. The minimum Gasteiger partial charge on any atom is -0.385 e. The van der Waals surface area contributed by atoms with Crippen LogP contribution in [-0.4, -0.2) is 34.1 Å². The van der Waals surface area contributed by atoms with E-state index >= 15 is 0 Å². The number of piperidine rings is 2. The zero-order valence-electron chi connectivity index (χ0n) is 11.2. The van der Waals surface area contributed by atoms with Crippen LogP contribution < -0.4 is 0 Å². The Bertz CT molecular complexity index is 491. The van der Waals surface area contributed by atoms with Gasteiger partial charge in [-0.05, 0) is 38.8 Å². The van der Waals surface area contributed by atoms with E-state index in [1.807, 2.05) is 12.1 Å². The second kappa shape index (κ2) is 4.59. The first-order valence-electron chi connectivity index (χ1n) is 6.93. The van der Waals surface area contributed by atoms with Gasteiger partial charge >= 0.3 is 0 Å². The van der Waals surface area contributed by atoms with Gasteiger partial charge in [0.15, 0.2) is 0 Å². The van der Waals surface area contributed by atoms with Crippen LogP contribution in [0.5, 0.6) is 0 Å². The SMILES string of the molecule is CN1C2CCCC1CC(O)(c1ccc(C#N)nc1)C2. The maximum atomic E-state index is 11.0. The Morgan fingerprint density at radius 1 is 1.37 bits per heavy atom. The molecule has 0 saturated carbocycles. The number of aliphatic hydroxyl groups is 1. The molecule has 2 fully saturated rings. The molecule has 1 aromatic rings. The third-order valence-electron chi connectivity index (χ3n) is 4.79. The Morgan fingerprint density at radius 3 is 2.58 bits per heavy atom. The number of rotatable bonds is 1. The van der Waals surface area contributed by atoms with Gasteiger partial charge in [-0.2, -0.15) is 5.26 Å². The molecule has 1 N–H and O–H groups in total. The van der Waals surface area contributed by atoms with Crippen LogP contribution in [0.25, 0.3) is 0 Å². The van der Waals surface area contributed by atoms with Crippen LogP contribution >= 0.6 is 0 Å². The van der Waals surface area contributed by atoms with E-state index in [0.717, 1.165) is 18.4 Å². The number of pyridine rings is 1. The van der Waals surface area contributed by atoms with E-state index in [1.54, 1.807) is 12.3 Å². The lowest BCUT2D eigenvalue weighted by atomic mass is 9.73. The Balaban J connectivity index is 1.88. The molecule has 2 aliphatic heterocycles. The largest absolute Gasteiger partial charge is 0.385 e. The molecule has 0 aliphatic carbocycles. The van der Waals surface area contributed by atoms with Gasteiger partial charge < -0.3 is 10.0 Å². The van der Waals surface area contributed by atoms with Gasteiger partial charge in [-0.25, -0.2) is 4.98 Å². The summed E-state index contributed by atoms with van der Waals surface area (Å²) >= 11 is 0. The molecule has 2 aliphatic rings. The third kappa shape index (κ3) is 2.13. The Morgan fingerprint density at radius 2 is 2.05 bits per heavy atom. The average molecular weight is 257 g/mol. The van der Waals surface area contributed by atoms with Crippen molar-refractivity contribution in [2.75, 3.05) is 7.05 Å². The molecule has 4 heteroatoms. The van der Waals surface area contributed by atoms with Crippen molar-refractivity contribution >= 4 is 0 Å². The first kappa shape index (κ1) is 12.6. The van der Waals surface area contributed by atoms with Gasteiger partial charge in [0.05, 0.1) is 5.60 Å². The molecule has 0 amide bonds. The molecule has 2 unspecified atom stereocenters. The molecule has 1 aromatic heterocycles. The quantitative estimate of drug-likeness (QED) is 0.833. The van der Waals surface area contributed by atoms with Gasteiger partial charge in [0, 0.05) is 23.8 Å². The summed E-state index contributed by atoms with van der Waals surface area (Å²) in [7, 11) is 2.17. The van der Waals surface area contributed by atoms with Crippen LogP contribution in [0, 0.1) is 11.3 Å². The maximum absolute atomic E-state index is 11.0. The lowest BCUT2D eigenvalue weighted by molar-refractivity contribution is -0.0876. The molecule has 2 saturated heterocycles. The van der Waals surface area contributed by atoms with Crippen LogP contribution in [0.1, 0.15) is 43.4 Å². The predicted molar refractivity (Wildman–Crippen MR) is 71.3 cm³/mol. The first-order valence-corrected chi connectivity index (χ1v) is 6.93. The maximum Gasteiger partial charge on any atom is 0.140 e. The number of hydrogen-bond donors (Lipinski definition) is 1. The lowest BCUT2D eigenvalue weighted by Crippen LogP contribution is -2.55. The summed E-state index contributed by atoms with van der Waals surface area (Å²) in [6, 6.07) is 6.50. The minimum absolute atomic E-state index is 0.403. The Labute approximate surface area is 113 Å². The fraction of sp³-hybridized carbons (Fsp3) is 0.600. The average Bonchev–Trinajstić information content (AvgIpc) is 2.41. The zero-order chi connectivity index (χ0) is 13.5.